The number of carbonyl (C=O) groups is 2. The van der Waals surface area contributed by atoms with Gasteiger partial charge in [0, 0.05) is 0 Å². The Balaban J connectivity index is 1.40. The van der Waals surface area contributed by atoms with Crippen molar-refractivity contribution in [3.8, 4) is 5.75 Å². The van der Waals surface area contributed by atoms with Gasteiger partial charge in [-0.15, -0.1) is 0 Å². The van der Waals surface area contributed by atoms with Crippen molar-refractivity contribution in [2.24, 2.45) is 5.92 Å². The number of benzene rings is 2. The summed E-state index contributed by atoms with van der Waals surface area (Å²) < 4.78 is 11.2. The average molecular weight is 481 g/mol. The predicted molar refractivity (Wildman–Crippen MR) is 115 cm³/mol. The van der Waals surface area contributed by atoms with Crippen molar-refractivity contribution < 1.29 is 24.3 Å². The molecule has 1 radical (unpaired) electrons. The molecule has 7 nitrogen and oxygen atoms in total. The van der Waals surface area contributed by atoms with E-state index in [1.807, 2.05) is 37.3 Å². The first-order chi connectivity index (χ1) is 15.0. The van der Waals surface area contributed by atoms with Crippen molar-refractivity contribution in [2.75, 3.05) is 13.2 Å². The van der Waals surface area contributed by atoms with Crippen LogP contribution in [0, 0.1) is 12.8 Å². The van der Waals surface area contributed by atoms with Crippen LogP contribution < -0.4 is 10.2 Å². The number of aromatic nitrogens is 1. The molecule has 1 aromatic heterocycles. The number of hydrogen-bond donors (Lipinski definition) is 2. The van der Waals surface area contributed by atoms with Crippen LogP contribution in [-0.4, -0.2) is 49.6 Å². The molecule has 2 atom stereocenters. The number of aryl methyl sites for hydroxylation is 1. The predicted octanol–water partition coefficient (Wildman–Crippen LogP) is 2.91. The molecular formula is C23H22AsN2O5. The summed E-state index contributed by atoms with van der Waals surface area (Å²) >= 11 is -0.794. The summed E-state index contributed by atoms with van der Waals surface area (Å²) in [4.78, 5) is 28.9. The molecule has 2 heterocycles. The van der Waals surface area contributed by atoms with Gasteiger partial charge < -0.3 is 0 Å². The van der Waals surface area contributed by atoms with Crippen LogP contribution in [0.3, 0.4) is 0 Å². The van der Waals surface area contributed by atoms with Crippen molar-refractivity contribution in [3.63, 3.8) is 0 Å². The number of hydroxylamine groups is 1. The van der Waals surface area contributed by atoms with Crippen LogP contribution in [0.25, 0.3) is 10.9 Å². The molecule has 2 aromatic carbocycles. The molecule has 1 saturated heterocycles. The molecule has 0 unspecified atom stereocenters. The summed E-state index contributed by atoms with van der Waals surface area (Å²) in [5.74, 6) is -0.295. The molecule has 0 bridgehead atoms. The van der Waals surface area contributed by atoms with Crippen LogP contribution in [0.1, 0.15) is 21.6 Å². The summed E-state index contributed by atoms with van der Waals surface area (Å²) in [6.45, 7) is 2.96. The number of pyridine rings is 1. The second-order valence-electron chi connectivity index (χ2n) is 7.37. The maximum atomic E-state index is 12.7. The van der Waals surface area contributed by atoms with Crippen LogP contribution >= 0.6 is 0 Å². The molecular weight excluding hydrogens is 459 g/mol. The van der Waals surface area contributed by atoms with Gasteiger partial charge in [-0.1, -0.05) is 0 Å². The third kappa shape index (κ3) is 4.96. The number of ether oxygens (including phenoxy) is 2. The van der Waals surface area contributed by atoms with Crippen molar-refractivity contribution >= 4 is 37.1 Å². The molecule has 1 aliphatic rings. The zero-order valence-corrected chi connectivity index (χ0v) is 18.8. The van der Waals surface area contributed by atoms with Gasteiger partial charge in [-0.25, -0.2) is 0 Å². The topological polar surface area (TPSA) is 97.8 Å². The van der Waals surface area contributed by atoms with Crippen LogP contribution in [0.2, 0.25) is 4.71 Å². The monoisotopic (exact) mass is 481 g/mol. The number of nitrogens with one attached hydrogen (secondary N) is 1. The fourth-order valence-electron chi connectivity index (χ4n) is 3.60. The van der Waals surface area contributed by atoms with Crippen molar-refractivity contribution in [3.05, 3.63) is 71.4 Å². The molecule has 0 aliphatic carbocycles. The van der Waals surface area contributed by atoms with E-state index in [0.29, 0.717) is 24.5 Å². The van der Waals surface area contributed by atoms with E-state index < -0.39 is 27.6 Å². The van der Waals surface area contributed by atoms with Gasteiger partial charge in [0.2, 0.25) is 0 Å². The molecule has 1 aliphatic heterocycles. The molecule has 31 heavy (non-hydrogen) atoms. The van der Waals surface area contributed by atoms with Crippen LogP contribution in [0.5, 0.6) is 5.75 Å². The van der Waals surface area contributed by atoms with Gasteiger partial charge in [-0.05, 0) is 0 Å². The molecule has 159 valence electrons. The summed E-state index contributed by atoms with van der Waals surface area (Å²) in [6.07, 6.45) is 0. The summed E-state index contributed by atoms with van der Waals surface area (Å²) in [5, 5.41) is 9.91. The minimum atomic E-state index is -0.794. The molecule has 1 fully saturated rings. The Morgan fingerprint density at radius 3 is 2.74 bits per heavy atom. The van der Waals surface area contributed by atoms with Crippen molar-refractivity contribution in [1.29, 1.82) is 0 Å². The Hall–Kier alpha value is -2.73. The summed E-state index contributed by atoms with van der Waals surface area (Å²) in [6, 6.07) is 17.1. The average Bonchev–Trinajstić information content (AvgIpc) is 3.25. The third-order valence-corrected chi connectivity index (χ3v) is 8.00. The number of fused-ring (bicyclic) bond motifs is 1. The Morgan fingerprint density at radius 2 is 1.97 bits per heavy atom. The van der Waals surface area contributed by atoms with Crippen LogP contribution in [0.4, 0.5) is 0 Å². The Morgan fingerprint density at radius 1 is 1.19 bits per heavy atom. The second-order valence-corrected chi connectivity index (χ2v) is 10.2. The van der Waals surface area contributed by atoms with Crippen molar-refractivity contribution in [2.45, 2.75) is 18.2 Å². The van der Waals surface area contributed by atoms with E-state index in [0.717, 1.165) is 22.2 Å². The Kier molecular flexibility index (Phi) is 6.66. The van der Waals surface area contributed by atoms with E-state index >= 15 is 0 Å². The SMILES string of the molecule is Cc1cc(COc2ccc(C(=O)[As][C@@H]3COC[C@@H]3C(=O)NO)cc2)c2ccccc2n1. The molecule has 3 aromatic rings. The van der Waals surface area contributed by atoms with Gasteiger partial charge in [-0.2, -0.15) is 0 Å². The zero-order valence-electron chi connectivity index (χ0n) is 16.9. The van der Waals surface area contributed by atoms with Gasteiger partial charge in [0.25, 0.3) is 0 Å². The molecule has 0 spiro atoms. The van der Waals surface area contributed by atoms with E-state index in [2.05, 4.69) is 4.98 Å². The molecule has 1 amide bonds. The van der Waals surface area contributed by atoms with E-state index in [4.69, 9.17) is 14.7 Å². The number of rotatable bonds is 7. The van der Waals surface area contributed by atoms with Gasteiger partial charge in [-0.3, -0.25) is 0 Å². The maximum absolute atomic E-state index is 12.7. The van der Waals surface area contributed by atoms with E-state index in [-0.39, 0.29) is 15.9 Å². The third-order valence-electron chi connectivity index (χ3n) is 5.21. The summed E-state index contributed by atoms with van der Waals surface area (Å²) in [7, 11) is 0. The number of para-hydroxylation sites is 1. The first-order valence-corrected chi connectivity index (χ1v) is 11.9. The standard InChI is InChI=1S/C23H22AsN2O5/c1-14-10-16(18-4-2-3-5-21(18)25-14)11-31-17-8-6-15(7-9-17)22(27)24-20-13-30-12-19(20)23(28)26-29/h2-10,19-20,29H,11-13H2,1H3,(H,26,28)/t19-,20+/m0/s1. The van der Waals surface area contributed by atoms with Crippen LogP contribution in [0.15, 0.2) is 54.6 Å². The van der Waals surface area contributed by atoms with Crippen molar-refractivity contribution in [1.82, 2.24) is 10.5 Å². The second kappa shape index (κ2) is 9.60. The van der Waals surface area contributed by atoms with Gasteiger partial charge in [0.05, 0.1) is 0 Å². The van der Waals surface area contributed by atoms with Gasteiger partial charge in [0.15, 0.2) is 0 Å². The van der Waals surface area contributed by atoms with E-state index in [1.54, 1.807) is 29.7 Å². The van der Waals surface area contributed by atoms with E-state index in [1.165, 1.54) is 0 Å². The number of carbonyl (C=O) groups excluding carboxylic acids is 2. The molecule has 8 heteroatoms. The first-order valence-electron chi connectivity index (χ1n) is 9.90. The molecule has 4 rings (SSSR count). The van der Waals surface area contributed by atoms with Gasteiger partial charge >= 0.3 is 186 Å². The quantitative estimate of drug-likeness (QED) is 0.306. The molecule has 2 N–H and O–H groups in total. The normalized spacial score (nSPS) is 18.5. The van der Waals surface area contributed by atoms with Gasteiger partial charge in [0.1, 0.15) is 0 Å². The summed E-state index contributed by atoms with van der Waals surface area (Å²) in [5.41, 5.74) is 5.19. The minimum absolute atomic E-state index is 0.0183. The number of nitrogens with zero attached hydrogens (tertiary/aromatic N) is 1. The fraction of sp³-hybridized carbons (Fsp3) is 0.261. The molecule has 0 saturated carbocycles. The number of hydrogen-bond acceptors (Lipinski definition) is 6. The fourth-order valence-corrected chi connectivity index (χ4v) is 6.07. The first kappa shape index (κ1) is 21.5. The zero-order chi connectivity index (χ0) is 21.8. The number of amides is 1. The van der Waals surface area contributed by atoms with Crippen LogP contribution in [-0.2, 0) is 16.1 Å². The Bertz CT molecular complexity index is 1100. The Labute approximate surface area is 186 Å². The van der Waals surface area contributed by atoms with E-state index in [9.17, 15) is 9.59 Å².